The normalized spacial score (nSPS) is 21.6. The molecule has 3 rings (SSSR count). The topological polar surface area (TPSA) is 35.6 Å². The maximum Gasteiger partial charge on any atom is 0.227 e. The van der Waals surface area contributed by atoms with Gasteiger partial charge in [0.2, 0.25) is 5.91 Å². The zero-order valence-electron chi connectivity index (χ0n) is 15.1. The van der Waals surface area contributed by atoms with Gasteiger partial charge in [0.1, 0.15) is 0 Å². The largest absolute Gasteiger partial charge is 0.341 e. The summed E-state index contributed by atoms with van der Waals surface area (Å²) < 4.78 is 0. The molecule has 2 saturated heterocycles. The molecule has 2 fully saturated rings. The minimum Gasteiger partial charge on any atom is -0.341 e. The highest BCUT2D eigenvalue weighted by molar-refractivity contribution is 5.85. The molecule has 1 atom stereocenters. The lowest BCUT2D eigenvalue weighted by Crippen LogP contribution is -2.49. The molecule has 0 saturated carbocycles. The first kappa shape index (κ1) is 19.2. The summed E-state index contributed by atoms with van der Waals surface area (Å²) in [6.45, 7) is 12.6. The second kappa shape index (κ2) is 8.32. The van der Waals surface area contributed by atoms with Crippen molar-refractivity contribution in [2.24, 2.45) is 0 Å². The summed E-state index contributed by atoms with van der Waals surface area (Å²) in [5, 5.41) is 3.40. The minimum absolute atomic E-state index is 0. The van der Waals surface area contributed by atoms with Gasteiger partial charge < -0.3 is 10.2 Å². The van der Waals surface area contributed by atoms with E-state index in [1.54, 1.807) is 0 Å². The summed E-state index contributed by atoms with van der Waals surface area (Å²) in [5.41, 5.74) is 4.98. The molecule has 24 heavy (non-hydrogen) atoms. The van der Waals surface area contributed by atoms with Crippen molar-refractivity contribution >= 4 is 18.3 Å². The van der Waals surface area contributed by atoms with Gasteiger partial charge in [-0.3, -0.25) is 9.69 Å². The van der Waals surface area contributed by atoms with Crippen LogP contribution in [0, 0.1) is 20.8 Å². The van der Waals surface area contributed by atoms with Gasteiger partial charge in [-0.2, -0.15) is 0 Å². The van der Waals surface area contributed by atoms with Gasteiger partial charge in [-0.05, 0) is 43.9 Å². The third-order valence-corrected chi connectivity index (χ3v) is 5.35. The van der Waals surface area contributed by atoms with Crippen LogP contribution < -0.4 is 5.32 Å². The number of carbonyl (C=O) groups is 1. The highest BCUT2D eigenvalue weighted by Gasteiger charge is 2.31. The van der Waals surface area contributed by atoms with Crippen molar-refractivity contribution in [2.75, 3.05) is 39.3 Å². The summed E-state index contributed by atoms with van der Waals surface area (Å²) in [4.78, 5) is 17.4. The van der Waals surface area contributed by atoms with E-state index in [1.807, 2.05) is 0 Å². The van der Waals surface area contributed by atoms with Crippen molar-refractivity contribution in [2.45, 2.75) is 39.7 Å². The third kappa shape index (κ3) is 4.29. The second-order valence-corrected chi connectivity index (χ2v) is 7.12. The summed E-state index contributed by atoms with van der Waals surface area (Å²) in [6.07, 6.45) is 1.67. The predicted octanol–water partition coefficient (Wildman–Crippen LogP) is 2.08. The third-order valence-electron chi connectivity index (χ3n) is 5.35. The number of rotatable bonds is 3. The van der Waals surface area contributed by atoms with Crippen LogP contribution in [0.3, 0.4) is 0 Å². The molecule has 2 aliphatic heterocycles. The number of piperazine rings is 1. The quantitative estimate of drug-likeness (QED) is 0.905. The Bertz CT molecular complexity index is 561. The molecule has 0 spiro atoms. The molecule has 4 nitrogen and oxygen atoms in total. The van der Waals surface area contributed by atoms with Crippen LogP contribution in [-0.2, 0) is 11.2 Å². The summed E-state index contributed by atoms with van der Waals surface area (Å²) in [7, 11) is 0. The molecule has 134 valence electrons. The van der Waals surface area contributed by atoms with E-state index in [1.165, 1.54) is 22.3 Å². The Morgan fingerprint density at radius 2 is 1.75 bits per heavy atom. The van der Waals surface area contributed by atoms with Gasteiger partial charge in [-0.15, -0.1) is 12.4 Å². The Hall–Kier alpha value is -1.10. The highest BCUT2D eigenvalue weighted by atomic mass is 35.5. The number of nitrogens with one attached hydrogen (secondary N) is 1. The molecule has 1 aromatic rings. The molecule has 2 heterocycles. The van der Waals surface area contributed by atoms with Crippen LogP contribution in [-0.4, -0.2) is 61.0 Å². The van der Waals surface area contributed by atoms with Crippen LogP contribution in [0.1, 0.15) is 28.7 Å². The first-order valence-electron chi connectivity index (χ1n) is 8.84. The molecular formula is C19H30ClN3O. The molecule has 1 aromatic carbocycles. The van der Waals surface area contributed by atoms with E-state index in [2.05, 4.69) is 48.0 Å². The minimum atomic E-state index is 0. The van der Waals surface area contributed by atoms with Crippen LogP contribution in [0.2, 0.25) is 0 Å². The lowest BCUT2D eigenvalue weighted by molar-refractivity contribution is -0.129. The zero-order valence-corrected chi connectivity index (χ0v) is 15.9. The van der Waals surface area contributed by atoms with Crippen LogP contribution >= 0.6 is 12.4 Å². The van der Waals surface area contributed by atoms with Crippen LogP contribution in [0.5, 0.6) is 0 Å². The maximum atomic E-state index is 12.7. The number of hydrogen-bond donors (Lipinski definition) is 1. The van der Waals surface area contributed by atoms with Gasteiger partial charge in [-0.25, -0.2) is 0 Å². The first-order chi connectivity index (χ1) is 11.0. The number of likely N-dealkylation sites (tertiary alicyclic amines) is 1. The van der Waals surface area contributed by atoms with Crippen molar-refractivity contribution in [1.29, 1.82) is 0 Å². The number of aryl methyl sites for hydroxylation is 3. The Morgan fingerprint density at radius 3 is 2.38 bits per heavy atom. The molecule has 2 aliphatic rings. The number of amides is 1. The molecule has 0 bridgehead atoms. The number of hydrogen-bond acceptors (Lipinski definition) is 3. The van der Waals surface area contributed by atoms with Gasteiger partial charge in [0.25, 0.3) is 0 Å². The Morgan fingerprint density at radius 1 is 1.12 bits per heavy atom. The van der Waals surface area contributed by atoms with Crippen molar-refractivity contribution in [3.8, 4) is 0 Å². The van der Waals surface area contributed by atoms with Crippen molar-refractivity contribution in [1.82, 2.24) is 15.1 Å². The van der Waals surface area contributed by atoms with E-state index >= 15 is 0 Å². The fourth-order valence-electron chi connectivity index (χ4n) is 4.07. The standard InChI is InChI=1S/C19H29N3O.ClH/c1-14-10-15(2)18(16(3)11-14)12-19(23)22-7-4-17(13-22)21-8-5-20-6-9-21;/h10-11,17,20H,4-9,12-13H2,1-3H3;1H. The first-order valence-corrected chi connectivity index (χ1v) is 8.84. The summed E-state index contributed by atoms with van der Waals surface area (Å²) in [5.74, 6) is 0.290. The van der Waals surface area contributed by atoms with Crippen molar-refractivity contribution in [3.63, 3.8) is 0 Å². The van der Waals surface area contributed by atoms with E-state index < -0.39 is 0 Å². The highest BCUT2D eigenvalue weighted by Crippen LogP contribution is 2.21. The zero-order chi connectivity index (χ0) is 16.4. The van der Waals surface area contributed by atoms with Gasteiger partial charge in [-0.1, -0.05) is 17.7 Å². The van der Waals surface area contributed by atoms with Gasteiger partial charge in [0, 0.05) is 45.3 Å². The van der Waals surface area contributed by atoms with Crippen molar-refractivity contribution < 1.29 is 4.79 Å². The number of halogens is 1. The fourth-order valence-corrected chi connectivity index (χ4v) is 4.07. The van der Waals surface area contributed by atoms with E-state index in [-0.39, 0.29) is 18.3 Å². The SMILES string of the molecule is Cc1cc(C)c(CC(=O)N2CCC(N3CCNCC3)C2)c(C)c1.Cl. The fraction of sp³-hybridized carbons (Fsp3) is 0.632. The van der Waals surface area contributed by atoms with E-state index in [0.29, 0.717) is 12.5 Å². The van der Waals surface area contributed by atoms with Crippen LogP contribution in [0.25, 0.3) is 0 Å². The van der Waals surface area contributed by atoms with Gasteiger partial charge in [0.15, 0.2) is 0 Å². The molecule has 1 unspecified atom stereocenters. The van der Waals surface area contributed by atoms with E-state index in [4.69, 9.17) is 0 Å². The predicted molar refractivity (Wildman–Crippen MR) is 101 cm³/mol. The molecule has 1 N–H and O–H groups in total. The average Bonchev–Trinajstić information content (AvgIpc) is 3.01. The Kier molecular flexibility index (Phi) is 6.67. The average molecular weight is 352 g/mol. The van der Waals surface area contributed by atoms with Gasteiger partial charge in [0.05, 0.1) is 6.42 Å². The monoisotopic (exact) mass is 351 g/mol. The Labute approximate surface area is 152 Å². The molecule has 0 aromatic heterocycles. The maximum absolute atomic E-state index is 12.7. The van der Waals surface area contributed by atoms with Gasteiger partial charge >= 0.3 is 0 Å². The smallest absolute Gasteiger partial charge is 0.227 e. The number of nitrogens with zero attached hydrogens (tertiary/aromatic N) is 2. The summed E-state index contributed by atoms with van der Waals surface area (Å²) in [6, 6.07) is 4.92. The molecular weight excluding hydrogens is 322 g/mol. The number of carbonyl (C=O) groups excluding carboxylic acids is 1. The second-order valence-electron chi connectivity index (χ2n) is 7.12. The lowest BCUT2D eigenvalue weighted by atomic mass is 9.97. The van der Waals surface area contributed by atoms with Crippen LogP contribution in [0.4, 0.5) is 0 Å². The number of benzene rings is 1. The molecule has 5 heteroatoms. The lowest BCUT2D eigenvalue weighted by Gasteiger charge is -2.32. The molecule has 0 radical (unpaired) electrons. The molecule has 0 aliphatic carbocycles. The Balaban J connectivity index is 0.00000208. The van der Waals surface area contributed by atoms with E-state index in [9.17, 15) is 4.79 Å². The van der Waals surface area contributed by atoms with Crippen LogP contribution in [0.15, 0.2) is 12.1 Å². The molecule has 1 amide bonds. The van der Waals surface area contributed by atoms with E-state index in [0.717, 1.165) is 45.7 Å². The van der Waals surface area contributed by atoms with Crippen molar-refractivity contribution in [3.05, 3.63) is 34.4 Å². The summed E-state index contributed by atoms with van der Waals surface area (Å²) >= 11 is 0.